The van der Waals surface area contributed by atoms with Crippen LogP contribution in [-0.2, 0) is 0 Å². The van der Waals surface area contributed by atoms with Crippen LogP contribution < -0.4 is 15.2 Å². The normalized spacial score (nSPS) is 10.9. The molecule has 2 rings (SSSR count). The fourth-order valence-corrected chi connectivity index (χ4v) is 2.03. The van der Waals surface area contributed by atoms with E-state index < -0.39 is 0 Å². The number of aromatic nitrogens is 4. The first kappa shape index (κ1) is 13.3. The molecule has 0 aliphatic heterocycles. The van der Waals surface area contributed by atoms with E-state index in [9.17, 15) is 0 Å². The Kier molecular flexibility index (Phi) is 3.95. The second-order valence-electron chi connectivity index (χ2n) is 3.41. The molecule has 0 aliphatic carbocycles. The highest BCUT2D eigenvalue weighted by molar-refractivity contribution is 9.10. The van der Waals surface area contributed by atoms with Crippen molar-refractivity contribution in [1.82, 2.24) is 20.3 Å². The second kappa shape index (κ2) is 5.65. The highest BCUT2D eigenvalue weighted by Gasteiger charge is 2.09. The number of benzene rings is 1. The number of halogens is 1. The Morgan fingerprint density at radius 1 is 1.37 bits per heavy atom. The SMILES string of the molecule is COc1cc(C=Nn2nnnc2N)cc(Br)c1OC. The summed E-state index contributed by atoms with van der Waals surface area (Å²) in [6.07, 6.45) is 1.56. The summed E-state index contributed by atoms with van der Waals surface area (Å²) < 4.78 is 11.2. The molecule has 1 aromatic carbocycles. The standard InChI is InChI=1S/C10H11BrN6O2/c1-18-8-4-6(3-7(11)9(8)19-2)5-13-17-10(12)14-15-16-17/h3-5H,1-2H3,(H2,12,14,16). The van der Waals surface area contributed by atoms with Gasteiger partial charge in [-0.2, -0.15) is 5.10 Å². The van der Waals surface area contributed by atoms with Gasteiger partial charge in [-0.05, 0) is 44.1 Å². The topological polar surface area (TPSA) is 100 Å². The van der Waals surface area contributed by atoms with Gasteiger partial charge in [-0.15, -0.1) is 0 Å². The van der Waals surface area contributed by atoms with Gasteiger partial charge in [0.25, 0.3) is 5.95 Å². The van der Waals surface area contributed by atoms with Crippen molar-refractivity contribution >= 4 is 28.1 Å². The van der Waals surface area contributed by atoms with E-state index in [1.165, 1.54) is 0 Å². The van der Waals surface area contributed by atoms with Crippen LogP contribution in [0.15, 0.2) is 21.7 Å². The van der Waals surface area contributed by atoms with E-state index in [4.69, 9.17) is 15.2 Å². The summed E-state index contributed by atoms with van der Waals surface area (Å²) in [7, 11) is 3.13. The van der Waals surface area contributed by atoms with Crippen molar-refractivity contribution in [2.75, 3.05) is 20.0 Å². The predicted octanol–water partition coefficient (Wildman–Crippen LogP) is 0.917. The maximum Gasteiger partial charge on any atom is 0.263 e. The first-order valence-corrected chi connectivity index (χ1v) is 5.94. The van der Waals surface area contributed by atoms with Gasteiger partial charge in [0.2, 0.25) is 0 Å². The number of tetrazole rings is 1. The summed E-state index contributed by atoms with van der Waals surface area (Å²) >= 11 is 3.39. The molecule has 2 aromatic rings. The third-order valence-corrected chi connectivity index (χ3v) is 2.84. The zero-order chi connectivity index (χ0) is 13.8. The number of nitrogens with two attached hydrogens (primary N) is 1. The van der Waals surface area contributed by atoms with Crippen LogP contribution in [-0.4, -0.2) is 40.8 Å². The largest absolute Gasteiger partial charge is 0.493 e. The molecule has 1 aromatic heterocycles. The molecule has 0 bridgehead atoms. The first-order chi connectivity index (χ1) is 9.15. The molecule has 19 heavy (non-hydrogen) atoms. The Bertz CT molecular complexity index is 612. The van der Waals surface area contributed by atoms with Crippen LogP contribution in [0.4, 0.5) is 5.95 Å². The van der Waals surface area contributed by atoms with Gasteiger partial charge in [-0.1, -0.05) is 9.89 Å². The number of nitrogens with zero attached hydrogens (tertiary/aromatic N) is 5. The van der Waals surface area contributed by atoms with Crippen molar-refractivity contribution in [3.05, 3.63) is 22.2 Å². The van der Waals surface area contributed by atoms with Crippen LogP contribution in [0.5, 0.6) is 11.5 Å². The van der Waals surface area contributed by atoms with Crippen LogP contribution in [0.2, 0.25) is 0 Å². The molecule has 0 fully saturated rings. The Morgan fingerprint density at radius 2 is 2.16 bits per heavy atom. The molecule has 2 N–H and O–H groups in total. The van der Waals surface area contributed by atoms with E-state index in [0.717, 1.165) is 14.8 Å². The number of hydrogen-bond acceptors (Lipinski definition) is 7. The Morgan fingerprint density at radius 3 is 2.74 bits per heavy atom. The molecule has 0 amide bonds. The summed E-state index contributed by atoms with van der Waals surface area (Å²) in [6.45, 7) is 0. The molecule has 0 spiro atoms. The number of hydrogen-bond donors (Lipinski definition) is 1. The van der Waals surface area contributed by atoms with Crippen molar-refractivity contribution in [2.45, 2.75) is 0 Å². The third-order valence-electron chi connectivity index (χ3n) is 2.25. The number of nitrogen functional groups attached to an aromatic ring is 1. The second-order valence-corrected chi connectivity index (χ2v) is 4.26. The van der Waals surface area contributed by atoms with Gasteiger partial charge in [-0.25, -0.2) is 0 Å². The molecule has 1 heterocycles. The molecule has 0 radical (unpaired) electrons. The molecule has 0 unspecified atom stereocenters. The van der Waals surface area contributed by atoms with Crippen LogP contribution >= 0.6 is 15.9 Å². The summed E-state index contributed by atoms with van der Waals surface area (Å²) in [5.74, 6) is 1.31. The maximum atomic E-state index is 5.50. The maximum absolute atomic E-state index is 5.50. The van der Waals surface area contributed by atoms with Crippen molar-refractivity contribution in [3.8, 4) is 11.5 Å². The van der Waals surface area contributed by atoms with Crippen molar-refractivity contribution in [1.29, 1.82) is 0 Å². The summed E-state index contributed by atoms with van der Waals surface area (Å²) in [6, 6.07) is 3.60. The summed E-state index contributed by atoms with van der Waals surface area (Å²) in [5, 5.41) is 14.5. The van der Waals surface area contributed by atoms with Crippen LogP contribution in [0, 0.1) is 0 Å². The zero-order valence-corrected chi connectivity index (χ0v) is 11.8. The Balaban J connectivity index is 2.34. The average Bonchev–Trinajstić information content (AvgIpc) is 2.81. The monoisotopic (exact) mass is 326 g/mol. The van der Waals surface area contributed by atoms with E-state index in [1.807, 2.05) is 6.07 Å². The third kappa shape index (κ3) is 2.81. The molecular formula is C10H11BrN6O2. The summed E-state index contributed by atoms with van der Waals surface area (Å²) in [5.41, 5.74) is 6.27. The number of rotatable bonds is 4. The quantitative estimate of drug-likeness (QED) is 0.838. The number of anilines is 1. The highest BCUT2D eigenvalue weighted by Crippen LogP contribution is 2.35. The fraction of sp³-hybridized carbons (Fsp3) is 0.200. The molecule has 9 heteroatoms. The Labute approximate surface area is 117 Å². The molecule has 0 saturated heterocycles. The van der Waals surface area contributed by atoms with Gasteiger partial charge in [-0.3, -0.25) is 0 Å². The smallest absolute Gasteiger partial charge is 0.263 e. The Hall–Kier alpha value is -2.16. The number of methoxy groups -OCH3 is 2. The van der Waals surface area contributed by atoms with Gasteiger partial charge < -0.3 is 15.2 Å². The van der Waals surface area contributed by atoms with Gasteiger partial charge >= 0.3 is 0 Å². The highest BCUT2D eigenvalue weighted by atomic mass is 79.9. The van der Waals surface area contributed by atoms with Gasteiger partial charge in [0.15, 0.2) is 11.5 Å². The lowest BCUT2D eigenvalue weighted by atomic mass is 10.2. The minimum absolute atomic E-state index is 0.107. The van der Waals surface area contributed by atoms with Crippen molar-refractivity contribution in [3.63, 3.8) is 0 Å². The first-order valence-electron chi connectivity index (χ1n) is 5.15. The van der Waals surface area contributed by atoms with Gasteiger partial charge in [0, 0.05) is 0 Å². The lowest BCUT2D eigenvalue weighted by molar-refractivity contribution is 0.353. The average molecular weight is 327 g/mol. The minimum atomic E-state index is 0.107. The molecule has 100 valence electrons. The van der Waals surface area contributed by atoms with E-state index in [2.05, 4.69) is 36.6 Å². The lowest BCUT2D eigenvalue weighted by Gasteiger charge is -2.10. The molecular weight excluding hydrogens is 316 g/mol. The molecule has 0 atom stereocenters. The van der Waals surface area contributed by atoms with E-state index in [1.54, 1.807) is 26.5 Å². The van der Waals surface area contributed by atoms with E-state index in [-0.39, 0.29) is 5.95 Å². The van der Waals surface area contributed by atoms with E-state index in [0.29, 0.717) is 11.5 Å². The van der Waals surface area contributed by atoms with E-state index >= 15 is 0 Å². The molecule has 8 nitrogen and oxygen atoms in total. The van der Waals surface area contributed by atoms with Crippen molar-refractivity contribution < 1.29 is 9.47 Å². The predicted molar refractivity (Wildman–Crippen MR) is 72.5 cm³/mol. The minimum Gasteiger partial charge on any atom is -0.493 e. The van der Waals surface area contributed by atoms with Crippen LogP contribution in [0.3, 0.4) is 0 Å². The summed E-state index contributed by atoms with van der Waals surface area (Å²) in [4.78, 5) is 1.12. The molecule has 0 saturated carbocycles. The zero-order valence-electron chi connectivity index (χ0n) is 10.2. The van der Waals surface area contributed by atoms with Gasteiger partial charge in [0.1, 0.15) is 0 Å². The molecule has 0 aliphatic rings. The van der Waals surface area contributed by atoms with Crippen molar-refractivity contribution in [2.24, 2.45) is 5.10 Å². The number of ether oxygens (including phenoxy) is 2. The van der Waals surface area contributed by atoms with Gasteiger partial charge in [0.05, 0.1) is 24.9 Å². The lowest BCUT2D eigenvalue weighted by Crippen LogP contribution is -2.00. The fourth-order valence-electron chi connectivity index (χ4n) is 1.41. The van der Waals surface area contributed by atoms with Crippen LogP contribution in [0.1, 0.15) is 5.56 Å². The van der Waals surface area contributed by atoms with Crippen LogP contribution in [0.25, 0.3) is 0 Å².